The first-order chi connectivity index (χ1) is 13.6. The number of alkyl halides is 3. The largest absolute Gasteiger partial charge is 0.416 e. The molecule has 0 aliphatic carbocycles. The lowest BCUT2D eigenvalue weighted by atomic mass is 10.2. The Hall–Kier alpha value is -2.36. The van der Waals surface area contributed by atoms with Crippen LogP contribution in [-0.2, 0) is 12.7 Å². The van der Waals surface area contributed by atoms with Crippen molar-refractivity contribution in [3.63, 3.8) is 0 Å². The molecular formula is C18H12Cl2F4N4S. The highest BCUT2D eigenvalue weighted by Crippen LogP contribution is 2.31. The molecule has 0 aliphatic heterocycles. The number of aromatic nitrogens is 2. The summed E-state index contributed by atoms with van der Waals surface area (Å²) in [5.41, 5.74) is -0.426. The number of thiocarbonyl (C=S) groups is 1. The van der Waals surface area contributed by atoms with Crippen molar-refractivity contribution >= 4 is 52.0 Å². The van der Waals surface area contributed by atoms with E-state index in [-0.39, 0.29) is 38.8 Å². The van der Waals surface area contributed by atoms with Crippen molar-refractivity contribution in [1.82, 2.24) is 9.78 Å². The zero-order valence-corrected chi connectivity index (χ0v) is 16.7. The topological polar surface area (TPSA) is 41.9 Å². The lowest BCUT2D eigenvalue weighted by Gasteiger charge is -2.12. The van der Waals surface area contributed by atoms with E-state index < -0.39 is 17.6 Å². The van der Waals surface area contributed by atoms with Gasteiger partial charge in [-0.25, -0.2) is 4.39 Å². The molecule has 0 fully saturated rings. The second-order valence-electron chi connectivity index (χ2n) is 5.88. The maximum Gasteiger partial charge on any atom is 0.416 e. The summed E-state index contributed by atoms with van der Waals surface area (Å²) >= 11 is 17.2. The van der Waals surface area contributed by atoms with Crippen molar-refractivity contribution < 1.29 is 17.6 Å². The van der Waals surface area contributed by atoms with Crippen molar-refractivity contribution in [1.29, 1.82) is 0 Å². The summed E-state index contributed by atoms with van der Waals surface area (Å²) in [7, 11) is 0. The van der Waals surface area contributed by atoms with Crippen LogP contribution in [0.3, 0.4) is 0 Å². The lowest BCUT2D eigenvalue weighted by Crippen LogP contribution is -2.20. The average molecular weight is 463 g/mol. The molecule has 1 aromatic heterocycles. The Morgan fingerprint density at radius 2 is 1.79 bits per heavy atom. The fourth-order valence-electron chi connectivity index (χ4n) is 2.45. The van der Waals surface area contributed by atoms with Gasteiger partial charge in [-0.15, -0.1) is 0 Å². The van der Waals surface area contributed by atoms with Crippen LogP contribution < -0.4 is 10.6 Å². The number of halogens is 6. The lowest BCUT2D eigenvalue weighted by molar-refractivity contribution is -0.137. The Bertz CT molecular complexity index is 1030. The minimum absolute atomic E-state index is 0.0135. The summed E-state index contributed by atoms with van der Waals surface area (Å²) in [5.74, 6) is -0.330. The zero-order valence-electron chi connectivity index (χ0n) is 14.4. The SMILES string of the molecule is Fc1cccc(Cl)c1Cn1cc(Cl)c(NC(=S)Nc2cccc(C(F)(F)F)c2)n1. The minimum Gasteiger partial charge on any atom is -0.332 e. The van der Waals surface area contributed by atoms with Crippen LogP contribution in [-0.4, -0.2) is 14.9 Å². The molecule has 0 saturated heterocycles. The van der Waals surface area contributed by atoms with Gasteiger partial charge in [0.2, 0.25) is 0 Å². The molecule has 4 nitrogen and oxygen atoms in total. The Labute approximate surface area is 178 Å². The Kier molecular flexibility index (Phi) is 6.30. The molecule has 3 aromatic rings. The molecule has 0 aliphatic rings. The first-order valence-electron chi connectivity index (χ1n) is 8.04. The smallest absolute Gasteiger partial charge is 0.332 e. The minimum atomic E-state index is -4.47. The molecule has 0 bridgehead atoms. The number of benzene rings is 2. The molecule has 0 spiro atoms. The van der Waals surface area contributed by atoms with Gasteiger partial charge in [-0.3, -0.25) is 4.68 Å². The molecule has 0 unspecified atom stereocenters. The monoisotopic (exact) mass is 462 g/mol. The Morgan fingerprint density at radius 1 is 1.07 bits per heavy atom. The number of nitrogens with one attached hydrogen (secondary N) is 2. The zero-order chi connectivity index (χ0) is 21.2. The predicted molar refractivity (Wildman–Crippen MR) is 109 cm³/mol. The van der Waals surface area contributed by atoms with Crippen LogP contribution in [0.15, 0.2) is 48.7 Å². The van der Waals surface area contributed by atoms with E-state index in [1.807, 2.05) is 0 Å². The summed E-state index contributed by atoms with van der Waals surface area (Å²) in [4.78, 5) is 0. The quantitative estimate of drug-likeness (QED) is 0.357. The standard InChI is InChI=1S/C18H12Cl2F4N4S/c19-13-5-2-6-15(21)12(13)8-28-9-14(20)16(27-28)26-17(29)25-11-4-1-3-10(7-11)18(22,23)24/h1-7,9H,8H2,(H2,25,26,27,29). The first-order valence-corrected chi connectivity index (χ1v) is 9.21. The summed E-state index contributed by atoms with van der Waals surface area (Å²) in [6.45, 7) is 0.0285. The van der Waals surface area contributed by atoms with Crippen LogP contribution in [0.4, 0.5) is 29.1 Å². The van der Waals surface area contributed by atoms with Crippen LogP contribution in [0, 0.1) is 5.82 Å². The summed E-state index contributed by atoms with van der Waals surface area (Å²) < 4.78 is 53.7. The summed E-state index contributed by atoms with van der Waals surface area (Å²) in [6, 6.07) is 8.89. The fraction of sp³-hybridized carbons (Fsp3) is 0.111. The van der Waals surface area contributed by atoms with E-state index in [0.29, 0.717) is 0 Å². The van der Waals surface area contributed by atoms with E-state index in [1.54, 1.807) is 6.07 Å². The van der Waals surface area contributed by atoms with Crippen molar-refractivity contribution in [2.75, 3.05) is 10.6 Å². The molecule has 0 saturated carbocycles. The van der Waals surface area contributed by atoms with E-state index in [0.717, 1.165) is 12.1 Å². The molecular weight excluding hydrogens is 451 g/mol. The van der Waals surface area contributed by atoms with Gasteiger partial charge in [0.15, 0.2) is 10.9 Å². The number of rotatable bonds is 4. The fourth-order valence-corrected chi connectivity index (χ4v) is 3.09. The van der Waals surface area contributed by atoms with Crippen LogP contribution >= 0.6 is 35.4 Å². The highest BCUT2D eigenvalue weighted by Gasteiger charge is 2.30. The Morgan fingerprint density at radius 3 is 2.48 bits per heavy atom. The number of hydrogen-bond acceptors (Lipinski definition) is 2. The van der Waals surface area contributed by atoms with E-state index >= 15 is 0 Å². The molecule has 3 rings (SSSR count). The molecule has 29 heavy (non-hydrogen) atoms. The summed E-state index contributed by atoms with van der Waals surface area (Å²) in [5, 5.41) is 9.92. The van der Waals surface area contributed by atoms with Gasteiger partial charge in [0, 0.05) is 22.5 Å². The number of hydrogen-bond donors (Lipinski definition) is 2. The third kappa shape index (κ3) is 5.37. The summed E-state index contributed by atoms with van der Waals surface area (Å²) in [6.07, 6.45) is -3.03. The van der Waals surface area contributed by atoms with E-state index in [2.05, 4.69) is 15.7 Å². The van der Waals surface area contributed by atoms with Crippen molar-refractivity contribution in [3.8, 4) is 0 Å². The van der Waals surface area contributed by atoms with Crippen molar-refractivity contribution in [2.24, 2.45) is 0 Å². The van der Waals surface area contributed by atoms with Gasteiger partial charge in [-0.1, -0.05) is 35.3 Å². The van der Waals surface area contributed by atoms with Crippen LogP contribution in [0.1, 0.15) is 11.1 Å². The predicted octanol–water partition coefficient (Wildman–Crippen LogP) is 6.21. The molecule has 2 N–H and O–H groups in total. The van der Waals surface area contributed by atoms with Gasteiger partial charge in [-0.05, 0) is 42.5 Å². The number of nitrogens with zero attached hydrogens (tertiary/aromatic N) is 2. The second kappa shape index (κ2) is 8.56. The van der Waals surface area contributed by atoms with Gasteiger partial charge >= 0.3 is 6.18 Å². The molecule has 0 amide bonds. The molecule has 0 radical (unpaired) electrons. The van der Waals surface area contributed by atoms with Gasteiger partial charge in [0.25, 0.3) is 0 Å². The number of anilines is 2. The highest BCUT2D eigenvalue weighted by molar-refractivity contribution is 7.80. The maximum absolute atomic E-state index is 13.9. The van der Waals surface area contributed by atoms with Gasteiger partial charge in [0.05, 0.1) is 12.1 Å². The maximum atomic E-state index is 13.9. The molecule has 152 valence electrons. The third-order valence-corrected chi connectivity index (χ3v) is 4.61. The van der Waals surface area contributed by atoms with Crippen LogP contribution in [0.5, 0.6) is 0 Å². The second-order valence-corrected chi connectivity index (χ2v) is 7.10. The Balaban J connectivity index is 1.70. The van der Waals surface area contributed by atoms with E-state index in [1.165, 1.54) is 35.1 Å². The molecule has 1 heterocycles. The van der Waals surface area contributed by atoms with Crippen molar-refractivity contribution in [2.45, 2.75) is 12.7 Å². The van der Waals surface area contributed by atoms with E-state index in [4.69, 9.17) is 35.4 Å². The van der Waals surface area contributed by atoms with Crippen LogP contribution in [0.25, 0.3) is 0 Å². The van der Waals surface area contributed by atoms with Gasteiger partial charge in [0.1, 0.15) is 10.8 Å². The molecule has 2 aromatic carbocycles. The average Bonchev–Trinajstić information content (AvgIpc) is 2.97. The van der Waals surface area contributed by atoms with Crippen LogP contribution in [0.2, 0.25) is 10.0 Å². The van der Waals surface area contributed by atoms with E-state index in [9.17, 15) is 17.6 Å². The molecule has 11 heteroatoms. The molecule has 0 atom stereocenters. The van der Waals surface area contributed by atoms with Gasteiger partial charge in [-0.2, -0.15) is 18.3 Å². The van der Waals surface area contributed by atoms with Crippen molar-refractivity contribution in [3.05, 3.63) is 75.7 Å². The highest BCUT2D eigenvalue weighted by atomic mass is 35.5. The van der Waals surface area contributed by atoms with Gasteiger partial charge < -0.3 is 10.6 Å². The first kappa shape index (κ1) is 21.4. The normalized spacial score (nSPS) is 11.4. The third-order valence-electron chi connectivity index (χ3n) is 3.78.